The Bertz CT molecular complexity index is 400. The Morgan fingerprint density at radius 1 is 1.33 bits per heavy atom. The monoisotopic (exact) mass is 249 g/mol. The van der Waals surface area contributed by atoms with Crippen molar-refractivity contribution in [1.82, 2.24) is 5.32 Å². The molecule has 0 amide bonds. The molecule has 1 aromatic carbocycles. The summed E-state index contributed by atoms with van der Waals surface area (Å²) in [6, 6.07) is 5.30. The van der Waals surface area contributed by atoms with Gasteiger partial charge in [0, 0.05) is 5.56 Å². The third kappa shape index (κ3) is 3.23. The topological polar surface area (TPSA) is 47.6 Å². The predicted molar refractivity (Wildman–Crippen MR) is 69.5 cm³/mol. The van der Waals surface area contributed by atoms with Crippen LogP contribution in [0.15, 0.2) is 18.2 Å². The van der Waals surface area contributed by atoms with E-state index in [1.165, 1.54) is 0 Å². The van der Waals surface area contributed by atoms with Crippen LogP contribution in [0.2, 0.25) is 0 Å². The summed E-state index contributed by atoms with van der Waals surface area (Å²) in [7, 11) is 0. The molecule has 18 heavy (non-hydrogen) atoms. The van der Waals surface area contributed by atoms with Crippen molar-refractivity contribution in [1.29, 1.82) is 0 Å². The molecule has 1 aliphatic rings. The zero-order chi connectivity index (χ0) is 12.8. The molecule has 0 radical (unpaired) electrons. The molecular weight excluding hydrogens is 230 g/mol. The molecule has 1 saturated heterocycles. The highest BCUT2D eigenvalue weighted by Crippen LogP contribution is 2.30. The molecule has 1 heterocycles. The Labute approximate surface area is 107 Å². The lowest BCUT2D eigenvalue weighted by Gasteiger charge is -2.24. The van der Waals surface area contributed by atoms with E-state index < -0.39 is 0 Å². The summed E-state index contributed by atoms with van der Waals surface area (Å²) in [5.74, 6) is 1.38. The molecule has 1 fully saturated rings. The minimum absolute atomic E-state index is 0.229. The van der Waals surface area contributed by atoms with Crippen LogP contribution in [0.5, 0.6) is 11.5 Å². The maximum Gasteiger partial charge on any atom is 0.161 e. The molecule has 1 aliphatic heterocycles. The first kappa shape index (κ1) is 12.9. The number of hydrogen-bond donors (Lipinski definition) is 1. The van der Waals surface area contributed by atoms with Crippen molar-refractivity contribution in [2.45, 2.75) is 25.9 Å². The Kier molecular flexibility index (Phi) is 4.59. The lowest BCUT2D eigenvalue weighted by molar-refractivity contribution is 0.112. The SMILES string of the molecule is CCOc1cc(C=O)ccc1OC1CCNCC1. The number of carbonyl (C=O) groups is 1. The fourth-order valence-electron chi connectivity index (χ4n) is 2.06. The van der Waals surface area contributed by atoms with Gasteiger partial charge in [0.1, 0.15) is 12.4 Å². The second-order valence-corrected chi connectivity index (χ2v) is 4.32. The Morgan fingerprint density at radius 2 is 2.11 bits per heavy atom. The van der Waals surface area contributed by atoms with Crippen LogP contribution in [0, 0.1) is 0 Å². The van der Waals surface area contributed by atoms with Gasteiger partial charge in [-0.25, -0.2) is 0 Å². The number of ether oxygens (including phenoxy) is 2. The number of benzene rings is 1. The van der Waals surface area contributed by atoms with E-state index >= 15 is 0 Å². The molecule has 0 aliphatic carbocycles. The van der Waals surface area contributed by atoms with Gasteiger partial charge in [0.15, 0.2) is 11.5 Å². The Morgan fingerprint density at radius 3 is 2.78 bits per heavy atom. The number of hydrogen-bond acceptors (Lipinski definition) is 4. The summed E-state index contributed by atoms with van der Waals surface area (Å²) in [5, 5.41) is 3.30. The van der Waals surface area contributed by atoms with E-state index in [1.54, 1.807) is 12.1 Å². The molecular formula is C14H19NO3. The van der Waals surface area contributed by atoms with Gasteiger partial charge in [-0.05, 0) is 51.1 Å². The van der Waals surface area contributed by atoms with Gasteiger partial charge in [0.25, 0.3) is 0 Å². The van der Waals surface area contributed by atoms with Crippen LogP contribution in [0.1, 0.15) is 30.1 Å². The van der Waals surface area contributed by atoms with Crippen molar-refractivity contribution < 1.29 is 14.3 Å². The molecule has 1 N–H and O–H groups in total. The summed E-state index contributed by atoms with van der Waals surface area (Å²) >= 11 is 0. The maximum absolute atomic E-state index is 10.8. The molecule has 0 spiro atoms. The zero-order valence-electron chi connectivity index (χ0n) is 10.6. The number of piperidine rings is 1. The van der Waals surface area contributed by atoms with Crippen LogP contribution in [-0.4, -0.2) is 32.1 Å². The molecule has 4 heteroatoms. The molecule has 1 aromatic rings. The van der Waals surface area contributed by atoms with Gasteiger partial charge in [0.05, 0.1) is 6.61 Å². The van der Waals surface area contributed by atoms with Crippen molar-refractivity contribution in [3.05, 3.63) is 23.8 Å². The van der Waals surface area contributed by atoms with Crippen LogP contribution in [0.3, 0.4) is 0 Å². The first-order chi connectivity index (χ1) is 8.83. The van der Waals surface area contributed by atoms with Crippen LogP contribution >= 0.6 is 0 Å². The number of carbonyl (C=O) groups excluding carboxylic acids is 1. The maximum atomic E-state index is 10.8. The van der Waals surface area contributed by atoms with Gasteiger partial charge in [-0.2, -0.15) is 0 Å². The molecule has 0 aromatic heterocycles. The molecule has 0 bridgehead atoms. The van der Waals surface area contributed by atoms with Crippen LogP contribution in [0.25, 0.3) is 0 Å². The van der Waals surface area contributed by atoms with Gasteiger partial charge in [-0.1, -0.05) is 0 Å². The fraction of sp³-hybridized carbons (Fsp3) is 0.500. The number of rotatable bonds is 5. The average Bonchev–Trinajstić information content (AvgIpc) is 2.42. The smallest absolute Gasteiger partial charge is 0.161 e. The van der Waals surface area contributed by atoms with E-state index in [9.17, 15) is 4.79 Å². The van der Waals surface area contributed by atoms with Crippen molar-refractivity contribution in [3.8, 4) is 11.5 Å². The predicted octanol–water partition coefficient (Wildman–Crippen LogP) is 2.03. The zero-order valence-corrected chi connectivity index (χ0v) is 10.6. The van der Waals surface area contributed by atoms with Gasteiger partial charge in [-0.3, -0.25) is 4.79 Å². The lowest BCUT2D eigenvalue weighted by atomic mass is 10.1. The minimum Gasteiger partial charge on any atom is -0.490 e. The molecule has 4 nitrogen and oxygen atoms in total. The highest BCUT2D eigenvalue weighted by atomic mass is 16.5. The van der Waals surface area contributed by atoms with Gasteiger partial charge in [0.2, 0.25) is 0 Å². The van der Waals surface area contributed by atoms with Crippen molar-refractivity contribution >= 4 is 6.29 Å². The standard InChI is InChI=1S/C14H19NO3/c1-2-17-14-9-11(10-16)3-4-13(14)18-12-5-7-15-8-6-12/h3-4,9-10,12,15H,2,5-8H2,1H3. The fourth-order valence-corrected chi connectivity index (χ4v) is 2.06. The number of nitrogens with one attached hydrogen (secondary N) is 1. The van der Waals surface area contributed by atoms with E-state index in [0.29, 0.717) is 17.9 Å². The normalized spacial score (nSPS) is 16.3. The highest BCUT2D eigenvalue weighted by molar-refractivity contribution is 5.76. The summed E-state index contributed by atoms with van der Waals surface area (Å²) in [4.78, 5) is 10.8. The first-order valence-corrected chi connectivity index (χ1v) is 6.43. The molecule has 98 valence electrons. The molecule has 0 saturated carbocycles. The van der Waals surface area contributed by atoms with Crippen molar-refractivity contribution in [2.75, 3.05) is 19.7 Å². The molecule has 0 unspecified atom stereocenters. The first-order valence-electron chi connectivity index (χ1n) is 6.43. The van der Waals surface area contributed by atoms with Gasteiger partial charge in [-0.15, -0.1) is 0 Å². The van der Waals surface area contributed by atoms with Crippen LogP contribution in [-0.2, 0) is 0 Å². The molecule has 2 rings (SSSR count). The second kappa shape index (κ2) is 6.40. The van der Waals surface area contributed by atoms with Crippen molar-refractivity contribution in [2.24, 2.45) is 0 Å². The summed E-state index contributed by atoms with van der Waals surface area (Å²) < 4.78 is 11.5. The van der Waals surface area contributed by atoms with Gasteiger partial charge < -0.3 is 14.8 Å². The third-order valence-electron chi connectivity index (χ3n) is 2.98. The van der Waals surface area contributed by atoms with E-state index in [1.807, 2.05) is 13.0 Å². The van der Waals surface area contributed by atoms with E-state index in [-0.39, 0.29) is 6.10 Å². The Hall–Kier alpha value is -1.55. The van der Waals surface area contributed by atoms with Crippen molar-refractivity contribution in [3.63, 3.8) is 0 Å². The lowest BCUT2D eigenvalue weighted by Crippen LogP contribution is -2.34. The second-order valence-electron chi connectivity index (χ2n) is 4.32. The van der Waals surface area contributed by atoms with E-state index in [0.717, 1.165) is 38.0 Å². The molecule has 0 atom stereocenters. The van der Waals surface area contributed by atoms with Crippen LogP contribution < -0.4 is 14.8 Å². The minimum atomic E-state index is 0.229. The summed E-state index contributed by atoms with van der Waals surface area (Å²) in [5.41, 5.74) is 0.608. The summed E-state index contributed by atoms with van der Waals surface area (Å²) in [6.07, 6.45) is 3.05. The largest absolute Gasteiger partial charge is 0.490 e. The third-order valence-corrected chi connectivity index (χ3v) is 2.98. The quantitative estimate of drug-likeness (QED) is 0.811. The number of aldehydes is 1. The van der Waals surface area contributed by atoms with Gasteiger partial charge >= 0.3 is 0 Å². The van der Waals surface area contributed by atoms with E-state index in [4.69, 9.17) is 9.47 Å². The van der Waals surface area contributed by atoms with E-state index in [2.05, 4.69) is 5.32 Å². The highest BCUT2D eigenvalue weighted by Gasteiger charge is 2.16. The average molecular weight is 249 g/mol. The Balaban J connectivity index is 2.11. The summed E-state index contributed by atoms with van der Waals surface area (Å²) in [6.45, 7) is 4.45. The van der Waals surface area contributed by atoms with Crippen LogP contribution in [0.4, 0.5) is 0 Å².